The van der Waals surface area contributed by atoms with Gasteiger partial charge in [0.1, 0.15) is 5.84 Å². The highest BCUT2D eigenvalue weighted by molar-refractivity contribution is 5.94. The summed E-state index contributed by atoms with van der Waals surface area (Å²) in [6, 6.07) is 7.61. The summed E-state index contributed by atoms with van der Waals surface area (Å²) in [5, 5.41) is 7.38. The van der Waals surface area contributed by atoms with Gasteiger partial charge in [-0.1, -0.05) is 12.1 Å². The van der Waals surface area contributed by atoms with Crippen molar-refractivity contribution in [1.82, 2.24) is 15.1 Å². The molecule has 3 N–H and O–H groups in total. The maximum Gasteiger partial charge on any atom is 0.251 e. The molecule has 1 aromatic heterocycles. The van der Waals surface area contributed by atoms with Crippen molar-refractivity contribution in [3.05, 3.63) is 60.2 Å². The molecule has 1 fully saturated rings. The highest BCUT2D eigenvalue weighted by Crippen LogP contribution is 2.16. The average Bonchev–Trinajstić information content (AvgIpc) is 3.38. The van der Waals surface area contributed by atoms with Gasteiger partial charge in [-0.15, -0.1) is 0 Å². The van der Waals surface area contributed by atoms with Crippen LogP contribution in [0.2, 0.25) is 0 Å². The second-order valence-electron chi connectivity index (χ2n) is 6.99. The molecule has 0 spiro atoms. The molecule has 1 amide bonds. The normalized spacial score (nSPS) is 18.9. The van der Waals surface area contributed by atoms with Crippen LogP contribution in [0.3, 0.4) is 0 Å². The molecule has 8 nitrogen and oxygen atoms in total. The van der Waals surface area contributed by atoms with E-state index in [1.807, 2.05) is 46.2 Å². The van der Waals surface area contributed by atoms with E-state index < -0.39 is 0 Å². The first-order valence-electron chi connectivity index (χ1n) is 9.44. The summed E-state index contributed by atoms with van der Waals surface area (Å²) >= 11 is 0. The van der Waals surface area contributed by atoms with E-state index in [0.29, 0.717) is 31.0 Å². The number of rotatable bonds is 6. The van der Waals surface area contributed by atoms with Crippen LogP contribution in [-0.2, 0) is 11.3 Å². The van der Waals surface area contributed by atoms with Gasteiger partial charge in [0.05, 0.1) is 31.1 Å². The molecule has 0 radical (unpaired) electrons. The van der Waals surface area contributed by atoms with Gasteiger partial charge < -0.3 is 20.7 Å². The summed E-state index contributed by atoms with van der Waals surface area (Å²) in [6.45, 7) is 2.46. The topological polar surface area (TPSA) is 97.8 Å². The Hall–Kier alpha value is -3.13. The molecule has 0 aliphatic carbocycles. The number of nitrogens with two attached hydrogens (primary N) is 1. The van der Waals surface area contributed by atoms with Crippen LogP contribution in [-0.4, -0.2) is 47.3 Å². The van der Waals surface area contributed by atoms with Gasteiger partial charge in [-0.3, -0.25) is 9.48 Å². The van der Waals surface area contributed by atoms with Gasteiger partial charge in [0.25, 0.3) is 5.91 Å². The van der Waals surface area contributed by atoms with Gasteiger partial charge in [0.15, 0.2) is 0 Å². The van der Waals surface area contributed by atoms with Crippen molar-refractivity contribution in [3.63, 3.8) is 0 Å². The first-order valence-corrected chi connectivity index (χ1v) is 9.44. The lowest BCUT2D eigenvalue weighted by molar-refractivity contribution is 0.0857. The second kappa shape index (κ2) is 8.26. The Morgan fingerprint density at radius 2 is 2.32 bits per heavy atom. The molecule has 1 unspecified atom stereocenters. The Labute approximate surface area is 163 Å². The van der Waals surface area contributed by atoms with Gasteiger partial charge >= 0.3 is 0 Å². The summed E-state index contributed by atoms with van der Waals surface area (Å²) in [4.78, 5) is 18.5. The molecule has 28 heavy (non-hydrogen) atoms. The molecule has 2 aliphatic heterocycles. The van der Waals surface area contributed by atoms with Crippen LogP contribution in [0.1, 0.15) is 28.8 Å². The molecule has 1 atom stereocenters. The Morgan fingerprint density at radius 3 is 3.14 bits per heavy atom. The minimum absolute atomic E-state index is 0.0771. The van der Waals surface area contributed by atoms with Gasteiger partial charge in [-0.2, -0.15) is 5.10 Å². The Bertz CT molecular complexity index is 898. The van der Waals surface area contributed by atoms with E-state index in [9.17, 15) is 4.79 Å². The summed E-state index contributed by atoms with van der Waals surface area (Å²) in [5.74, 6) is 0.490. The summed E-state index contributed by atoms with van der Waals surface area (Å²) < 4.78 is 7.39. The van der Waals surface area contributed by atoms with Crippen LogP contribution in [0.4, 0.5) is 5.69 Å². The van der Waals surface area contributed by atoms with Crippen LogP contribution in [0.15, 0.2) is 54.1 Å². The molecule has 0 saturated carbocycles. The third-order valence-corrected chi connectivity index (χ3v) is 4.82. The Kier molecular flexibility index (Phi) is 5.38. The van der Waals surface area contributed by atoms with E-state index in [-0.39, 0.29) is 12.0 Å². The summed E-state index contributed by atoms with van der Waals surface area (Å²) in [6.07, 6.45) is 9.50. The monoisotopic (exact) mass is 380 g/mol. The lowest BCUT2D eigenvalue weighted by Crippen LogP contribution is -2.31. The highest BCUT2D eigenvalue weighted by Gasteiger charge is 2.17. The fourth-order valence-electron chi connectivity index (χ4n) is 3.35. The van der Waals surface area contributed by atoms with E-state index in [4.69, 9.17) is 10.5 Å². The minimum Gasteiger partial charge on any atom is -0.386 e. The molecular formula is C20H24N6O2. The third kappa shape index (κ3) is 4.40. The number of ether oxygens (including phenoxy) is 1. The third-order valence-electron chi connectivity index (χ3n) is 4.82. The van der Waals surface area contributed by atoms with Crippen LogP contribution >= 0.6 is 0 Å². The minimum atomic E-state index is -0.0771. The highest BCUT2D eigenvalue weighted by atomic mass is 16.5. The van der Waals surface area contributed by atoms with Gasteiger partial charge in [0, 0.05) is 37.3 Å². The zero-order chi connectivity index (χ0) is 19.3. The fraction of sp³-hybridized carbons (Fsp3) is 0.350. The number of hydrogen-bond acceptors (Lipinski definition) is 6. The zero-order valence-corrected chi connectivity index (χ0v) is 15.6. The average molecular weight is 380 g/mol. The largest absolute Gasteiger partial charge is 0.386 e. The molecule has 8 heteroatoms. The molecule has 3 heterocycles. The van der Waals surface area contributed by atoms with E-state index in [1.165, 1.54) is 0 Å². The Balaban J connectivity index is 1.37. The number of nitrogens with zero attached hydrogens (tertiary/aromatic N) is 4. The smallest absolute Gasteiger partial charge is 0.251 e. The second-order valence-corrected chi connectivity index (χ2v) is 6.99. The molecule has 146 valence electrons. The van der Waals surface area contributed by atoms with Crippen molar-refractivity contribution in [3.8, 4) is 0 Å². The number of carbonyl (C=O) groups excluding carboxylic acids is 1. The van der Waals surface area contributed by atoms with Crippen LogP contribution in [0.5, 0.6) is 0 Å². The quantitative estimate of drug-likeness (QED) is 0.791. The summed E-state index contributed by atoms with van der Waals surface area (Å²) in [7, 11) is 0. The van der Waals surface area contributed by atoms with Crippen LogP contribution in [0.25, 0.3) is 0 Å². The van der Waals surface area contributed by atoms with E-state index in [2.05, 4.69) is 15.4 Å². The Morgan fingerprint density at radius 1 is 1.39 bits per heavy atom. The number of anilines is 1. The molecule has 1 aromatic carbocycles. The maximum atomic E-state index is 12.4. The predicted octanol–water partition coefficient (Wildman–Crippen LogP) is 1.49. The zero-order valence-electron chi connectivity index (χ0n) is 15.6. The van der Waals surface area contributed by atoms with Crippen molar-refractivity contribution in [2.45, 2.75) is 25.5 Å². The van der Waals surface area contributed by atoms with Crippen molar-refractivity contribution in [2.75, 3.05) is 24.6 Å². The lowest BCUT2D eigenvalue weighted by Gasteiger charge is -2.19. The van der Waals surface area contributed by atoms with E-state index in [1.54, 1.807) is 12.4 Å². The van der Waals surface area contributed by atoms with Crippen molar-refractivity contribution in [1.29, 1.82) is 0 Å². The van der Waals surface area contributed by atoms with Crippen molar-refractivity contribution >= 4 is 17.4 Å². The fourth-order valence-corrected chi connectivity index (χ4v) is 3.35. The number of amides is 1. The number of amidine groups is 1. The molecule has 2 aliphatic rings. The number of benzene rings is 1. The molecule has 4 rings (SSSR count). The van der Waals surface area contributed by atoms with Crippen LogP contribution in [0, 0.1) is 0 Å². The van der Waals surface area contributed by atoms with E-state index >= 15 is 0 Å². The van der Waals surface area contributed by atoms with Gasteiger partial charge in [0.2, 0.25) is 0 Å². The first-order chi connectivity index (χ1) is 13.7. The number of nitrogens with one attached hydrogen (secondary N) is 1. The summed E-state index contributed by atoms with van der Waals surface area (Å²) in [5.41, 5.74) is 8.38. The number of carbonyl (C=O) groups is 1. The maximum absolute atomic E-state index is 12.4. The molecule has 0 bridgehead atoms. The predicted molar refractivity (Wildman–Crippen MR) is 107 cm³/mol. The van der Waals surface area contributed by atoms with Gasteiger partial charge in [-0.25, -0.2) is 4.99 Å². The lowest BCUT2D eigenvalue weighted by atomic mass is 10.1. The molecule has 1 saturated heterocycles. The standard InChI is InChI=1S/C20H24N6O2/c21-19-14-25(7-6-22-19)17-10-24-26(13-17)12-15-3-1-4-16(9-15)20(27)23-11-18-5-2-8-28-18/h1,3-4,6-7,9-10,13,18H,2,5,8,11-12,14H2,(H2,21,22)(H,23,27). The number of aromatic nitrogens is 2. The van der Waals surface area contributed by atoms with Gasteiger partial charge in [-0.05, 0) is 30.5 Å². The number of hydrogen-bond donors (Lipinski definition) is 2. The van der Waals surface area contributed by atoms with Crippen molar-refractivity contribution in [2.24, 2.45) is 10.7 Å². The SMILES string of the molecule is NC1=NC=CN(c2cnn(Cc3cccc(C(=O)NCC4CCCO4)c3)c2)C1. The van der Waals surface area contributed by atoms with Crippen LogP contribution < -0.4 is 16.0 Å². The van der Waals surface area contributed by atoms with Crippen molar-refractivity contribution < 1.29 is 9.53 Å². The van der Waals surface area contributed by atoms with E-state index in [0.717, 1.165) is 30.7 Å². The number of aliphatic imine (C=N–C) groups is 1. The first kappa shape index (κ1) is 18.2. The molecule has 2 aromatic rings. The molecular weight excluding hydrogens is 356 g/mol.